The highest BCUT2D eigenvalue weighted by atomic mass is 35.5. The van der Waals surface area contributed by atoms with Crippen LogP contribution in [-0.2, 0) is 57.6 Å². The largest absolute Gasteiger partial charge is 0.416 e. The molecule has 0 aromatic heterocycles. The first kappa shape index (κ1) is 50.8. The molecule has 0 atom stereocenters. The summed E-state index contributed by atoms with van der Waals surface area (Å²) in [6.45, 7) is 6.28. The van der Waals surface area contributed by atoms with Gasteiger partial charge in [0.05, 0.1) is 11.1 Å². The summed E-state index contributed by atoms with van der Waals surface area (Å²) in [6, 6.07) is 27.3. The number of benzene rings is 4. The molecular weight excluding hydrogens is 846 g/mol. The maximum Gasteiger partial charge on any atom is 0.416 e. The van der Waals surface area contributed by atoms with Gasteiger partial charge in [-0.2, -0.15) is 26.3 Å². The first-order valence-corrected chi connectivity index (χ1v) is 21.0. The summed E-state index contributed by atoms with van der Waals surface area (Å²) in [5.41, 5.74) is 9.41. The molecule has 0 bridgehead atoms. The molecule has 6 rings (SSSR count). The molecule has 0 spiro atoms. The molecule has 3 N–H and O–H groups in total. The van der Waals surface area contributed by atoms with E-state index in [0.29, 0.717) is 30.7 Å². The Balaban J connectivity index is 0.000000229. The molecule has 2 heterocycles. The van der Waals surface area contributed by atoms with Gasteiger partial charge in [0, 0.05) is 70.8 Å². The first-order chi connectivity index (χ1) is 30.0. The van der Waals surface area contributed by atoms with Gasteiger partial charge in [0.2, 0.25) is 11.1 Å². The Hall–Kier alpha value is -4.83. The second-order valence-electron chi connectivity index (χ2n) is 15.3. The zero-order chi connectivity index (χ0) is 45.8. The first-order valence-electron chi connectivity index (χ1n) is 20.6. The van der Waals surface area contributed by atoms with Crippen molar-refractivity contribution in [2.75, 3.05) is 40.5 Å². The van der Waals surface area contributed by atoms with E-state index in [1.807, 2.05) is 12.1 Å². The number of alkyl halides is 6. The predicted octanol–water partition coefficient (Wildman–Crippen LogP) is 9.89. The molecule has 15 heteroatoms. The highest BCUT2D eigenvalue weighted by Gasteiger charge is 2.31. The summed E-state index contributed by atoms with van der Waals surface area (Å²) < 4.78 is 85.8. The number of amides is 1. The molecule has 8 nitrogen and oxygen atoms in total. The predicted molar refractivity (Wildman–Crippen MR) is 235 cm³/mol. The molecule has 0 saturated carbocycles. The summed E-state index contributed by atoms with van der Waals surface area (Å²) in [4.78, 5) is 27.2. The molecular formula is C48H55ClF6N4O4. The molecule has 0 radical (unpaired) electrons. The number of carbonyl (C=O) groups is 2. The van der Waals surface area contributed by atoms with Gasteiger partial charge in [-0.1, -0.05) is 78.9 Å². The minimum Gasteiger partial charge on any atom is -0.381 e. The van der Waals surface area contributed by atoms with E-state index in [4.69, 9.17) is 26.8 Å². The van der Waals surface area contributed by atoms with E-state index in [9.17, 15) is 35.9 Å². The van der Waals surface area contributed by atoms with Gasteiger partial charge < -0.3 is 20.5 Å². The van der Waals surface area contributed by atoms with Crippen LogP contribution in [0.4, 0.5) is 26.3 Å². The zero-order valence-electron chi connectivity index (χ0n) is 35.4. The zero-order valence-corrected chi connectivity index (χ0v) is 36.2. The third-order valence-corrected chi connectivity index (χ3v) is 10.6. The number of nitrogens with zero attached hydrogens (tertiary/aromatic N) is 2. The number of ether oxygens (including phenoxy) is 2. The Bertz CT molecular complexity index is 2060. The van der Waals surface area contributed by atoms with E-state index >= 15 is 0 Å². The monoisotopic (exact) mass is 900 g/mol. The molecule has 2 aliphatic rings. The van der Waals surface area contributed by atoms with E-state index in [1.165, 1.54) is 59.2 Å². The number of hydrogen-bond donors (Lipinski definition) is 2. The van der Waals surface area contributed by atoms with Crippen molar-refractivity contribution in [1.82, 2.24) is 15.1 Å². The fourth-order valence-electron chi connectivity index (χ4n) is 6.85. The summed E-state index contributed by atoms with van der Waals surface area (Å²) >= 11 is 5.01. The van der Waals surface area contributed by atoms with Crippen LogP contribution in [0.15, 0.2) is 109 Å². The summed E-state index contributed by atoms with van der Waals surface area (Å²) in [7, 11) is 4.33. The van der Waals surface area contributed by atoms with Crippen LogP contribution < -0.4 is 11.1 Å². The van der Waals surface area contributed by atoms with Crippen LogP contribution >= 0.6 is 11.6 Å². The third kappa shape index (κ3) is 18.8. The van der Waals surface area contributed by atoms with Crippen LogP contribution in [0.5, 0.6) is 0 Å². The number of hydrogen-bond acceptors (Lipinski definition) is 7. The Kier molecular flexibility index (Phi) is 20.5. The van der Waals surface area contributed by atoms with Gasteiger partial charge in [-0.25, -0.2) is 0 Å². The van der Waals surface area contributed by atoms with Crippen LogP contribution in [0.25, 0.3) is 12.2 Å². The van der Waals surface area contributed by atoms with Gasteiger partial charge >= 0.3 is 12.4 Å². The lowest BCUT2D eigenvalue weighted by Crippen LogP contribution is -2.36. The van der Waals surface area contributed by atoms with Crippen molar-refractivity contribution in [2.45, 2.75) is 76.3 Å². The van der Waals surface area contributed by atoms with E-state index < -0.39 is 28.7 Å². The number of rotatable bonds is 13. The average molecular weight is 901 g/mol. The minimum atomic E-state index is -4.40. The van der Waals surface area contributed by atoms with Gasteiger partial charge in [0.1, 0.15) is 0 Å². The molecule has 0 unspecified atom stereocenters. The number of nitrogens with two attached hydrogens (primary N) is 1. The summed E-state index contributed by atoms with van der Waals surface area (Å²) in [6.07, 6.45) is 0.457. The molecule has 4 aromatic carbocycles. The van der Waals surface area contributed by atoms with Crippen molar-refractivity contribution in [3.05, 3.63) is 154 Å². The number of allylic oxidation sites excluding steroid dienone is 1. The Labute approximate surface area is 370 Å². The third-order valence-electron chi connectivity index (χ3n) is 10.5. The fourth-order valence-corrected chi connectivity index (χ4v) is 6.91. The van der Waals surface area contributed by atoms with Gasteiger partial charge in [-0.3, -0.25) is 19.4 Å². The van der Waals surface area contributed by atoms with Crippen molar-refractivity contribution in [2.24, 2.45) is 5.73 Å². The SMILES string of the molecule is CN(Cc1ccc(CN)cc1)C1CCOCC1.CN(Cc1ccc(CNC(=O)/C=C/c2cccc(C(F)(F)F)c2)cc1)C1CCOCC1.O=C(Cl)/C=C/c1cccc(C(F)(F)F)c1. The van der Waals surface area contributed by atoms with Crippen molar-refractivity contribution in [1.29, 1.82) is 0 Å². The Morgan fingerprint density at radius 3 is 1.44 bits per heavy atom. The molecule has 4 aromatic rings. The van der Waals surface area contributed by atoms with Crippen LogP contribution in [0.2, 0.25) is 0 Å². The van der Waals surface area contributed by atoms with Crippen LogP contribution in [0, 0.1) is 0 Å². The van der Waals surface area contributed by atoms with Crippen molar-refractivity contribution in [3.63, 3.8) is 0 Å². The molecule has 2 aliphatic heterocycles. The molecule has 63 heavy (non-hydrogen) atoms. The second kappa shape index (κ2) is 25.5. The Morgan fingerprint density at radius 1 is 0.651 bits per heavy atom. The molecule has 1 amide bonds. The summed E-state index contributed by atoms with van der Waals surface area (Å²) in [5, 5.41) is 2.02. The quantitative estimate of drug-likeness (QED) is 0.0784. The maximum atomic E-state index is 12.8. The van der Waals surface area contributed by atoms with Crippen molar-refractivity contribution < 1.29 is 45.4 Å². The van der Waals surface area contributed by atoms with E-state index in [0.717, 1.165) is 101 Å². The van der Waals surface area contributed by atoms with E-state index in [-0.39, 0.29) is 11.5 Å². The number of nitrogens with one attached hydrogen (secondary N) is 1. The minimum absolute atomic E-state index is 0.277. The second-order valence-corrected chi connectivity index (χ2v) is 15.7. The van der Waals surface area contributed by atoms with Crippen LogP contribution in [-0.4, -0.2) is 73.6 Å². The lowest BCUT2D eigenvalue weighted by molar-refractivity contribution is -0.138. The van der Waals surface area contributed by atoms with E-state index in [1.54, 1.807) is 0 Å². The molecule has 2 saturated heterocycles. The number of halogens is 7. The highest BCUT2D eigenvalue weighted by molar-refractivity contribution is 6.66. The van der Waals surface area contributed by atoms with Crippen LogP contribution in [0.3, 0.4) is 0 Å². The molecule has 0 aliphatic carbocycles. The lowest BCUT2D eigenvalue weighted by Gasteiger charge is -2.31. The normalized spacial score (nSPS) is 15.2. The van der Waals surface area contributed by atoms with Gasteiger partial charge in [-0.05, 0) is 121 Å². The van der Waals surface area contributed by atoms with Gasteiger partial charge in [0.25, 0.3) is 0 Å². The molecule has 340 valence electrons. The molecule has 2 fully saturated rings. The van der Waals surface area contributed by atoms with Crippen molar-refractivity contribution in [3.8, 4) is 0 Å². The van der Waals surface area contributed by atoms with Gasteiger partial charge in [-0.15, -0.1) is 0 Å². The standard InChI is InChI=1S/C24H27F3N2O2.C14H22N2O.C10H6ClF3O/c1-29(22-11-13-31-14-12-22)17-20-7-5-19(6-8-20)16-28-23(30)10-9-18-3-2-4-21(15-18)24(25,26)27;1-16(14-6-8-17-9-7-14)11-13-4-2-12(10-15)3-5-13;11-9(15)5-4-7-2-1-3-8(6-7)10(12,13)14/h2-10,15,22H,11-14,16-17H2,1H3,(H,28,30);2-5,14H,6-11,15H2,1H3;1-6H/b10-9+;;5-4+. The van der Waals surface area contributed by atoms with Crippen molar-refractivity contribution >= 4 is 34.9 Å². The summed E-state index contributed by atoms with van der Waals surface area (Å²) in [5.74, 6) is -0.360. The Morgan fingerprint density at radius 2 is 1.05 bits per heavy atom. The van der Waals surface area contributed by atoms with E-state index in [2.05, 4.69) is 65.6 Å². The smallest absolute Gasteiger partial charge is 0.381 e. The number of carbonyl (C=O) groups excluding carboxylic acids is 2. The fraction of sp³-hybridized carbons (Fsp3) is 0.375. The van der Waals surface area contributed by atoms with Crippen LogP contribution in [0.1, 0.15) is 70.2 Å². The lowest BCUT2D eigenvalue weighted by atomic mass is 10.1. The van der Waals surface area contributed by atoms with Gasteiger partial charge in [0.15, 0.2) is 0 Å². The highest BCUT2D eigenvalue weighted by Crippen LogP contribution is 2.31. The average Bonchev–Trinajstić information content (AvgIpc) is 3.28. The maximum absolute atomic E-state index is 12.8. The topological polar surface area (TPSA) is 97.1 Å².